The Kier molecular flexibility index (Phi) is 4.97. The van der Waals surface area contributed by atoms with Crippen LogP contribution in [-0.4, -0.2) is 6.29 Å². The fourth-order valence-electron chi connectivity index (χ4n) is 0.401. The molecule has 0 bridgehead atoms. The molecule has 0 aromatic carbocycles. The number of hydrogen-bond donors (Lipinski definition) is 0. The van der Waals surface area contributed by atoms with E-state index in [1.807, 2.05) is 0 Å². The molecule has 0 saturated heterocycles. The van der Waals surface area contributed by atoms with Gasteiger partial charge in [0.2, 0.25) is 0 Å². The molecule has 0 atom stereocenters. The number of carbonyl (C=O) groups excluding carboxylic acids is 1. The second-order valence-electron chi connectivity index (χ2n) is 1.61. The van der Waals surface area contributed by atoms with Gasteiger partial charge >= 0.3 is 0 Å². The average Bonchev–Trinajstić information content (AvgIpc) is 1.99. The molecule has 1 nitrogen and oxygen atoms in total. The van der Waals surface area contributed by atoms with Crippen molar-refractivity contribution in [3.63, 3.8) is 0 Å². The zero-order valence-corrected chi connectivity index (χ0v) is 5.79. The first kappa shape index (κ1) is 8.63. The van der Waals surface area contributed by atoms with E-state index in [0.717, 1.165) is 6.29 Å². The molecule has 0 aliphatic carbocycles. The van der Waals surface area contributed by atoms with Crippen molar-refractivity contribution in [3.05, 3.63) is 49.1 Å². The molecular weight excluding hydrogens is 124 g/mol. The fraction of sp³-hybridized carbons (Fsp3) is 0. The van der Waals surface area contributed by atoms with Crippen molar-refractivity contribution in [3.8, 4) is 0 Å². The molecule has 0 aromatic heterocycles. The Balaban J connectivity index is 4.10. The Bertz CT molecular complexity index is 175. The Hall–Kier alpha value is -1.37. The van der Waals surface area contributed by atoms with Crippen LogP contribution in [0.4, 0.5) is 0 Å². The molecule has 0 aromatic rings. The van der Waals surface area contributed by atoms with Crippen molar-refractivity contribution in [2.75, 3.05) is 0 Å². The number of allylic oxidation sites excluding steroid dienone is 6. The molecule has 0 saturated carbocycles. The van der Waals surface area contributed by atoms with Crippen molar-refractivity contribution in [1.82, 2.24) is 0 Å². The van der Waals surface area contributed by atoms with Crippen LogP contribution >= 0.6 is 0 Å². The topological polar surface area (TPSA) is 17.1 Å². The highest BCUT2D eigenvalue weighted by atomic mass is 16.1. The number of hydrogen-bond acceptors (Lipinski definition) is 1. The van der Waals surface area contributed by atoms with Crippen molar-refractivity contribution in [2.24, 2.45) is 0 Å². The van der Waals surface area contributed by atoms with Gasteiger partial charge in [-0.05, 0) is 0 Å². The lowest BCUT2D eigenvalue weighted by Crippen LogP contribution is -1.74. The van der Waals surface area contributed by atoms with Crippen LogP contribution in [0.2, 0.25) is 0 Å². The Morgan fingerprint density at radius 1 is 1.20 bits per heavy atom. The Morgan fingerprint density at radius 3 is 2.30 bits per heavy atom. The highest BCUT2D eigenvalue weighted by Crippen LogP contribution is 1.90. The second kappa shape index (κ2) is 5.76. The summed E-state index contributed by atoms with van der Waals surface area (Å²) in [6, 6.07) is 0. The van der Waals surface area contributed by atoms with Crippen LogP contribution in [0, 0.1) is 0 Å². The van der Waals surface area contributed by atoms with E-state index in [0.29, 0.717) is 5.57 Å². The first-order valence-corrected chi connectivity index (χ1v) is 2.92. The smallest absolute Gasteiger partial charge is 0.150 e. The lowest BCUT2D eigenvalue weighted by atomic mass is 10.2. The van der Waals surface area contributed by atoms with Crippen LogP contribution in [-0.2, 0) is 4.79 Å². The molecule has 0 unspecified atom stereocenters. The summed E-state index contributed by atoms with van der Waals surface area (Å²) >= 11 is 0. The van der Waals surface area contributed by atoms with Gasteiger partial charge in [-0.25, -0.2) is 0 Å². The molecule has 10 heavy (non-hydrogen) atoms. The zero-order chi connectivity index (χ0) is 7.82. The minimum atomic E-state index is 0.568. The fourth-order valence-corrected chi connectivity index (χ4v) is 0.401. The maximum absolute atomic E-state index is 10.1. The average molecular weight is 134 g/mol. The van der Waals surface area contributed by atoms with Gasteiger partial charge in [-0.1, -0.05) is 43.5 Å². The van der Waals surface area contributed by atoms with Gasteiger partial charge in [-0.3, -0.25) is 4.79 Å². The molecule has 1 heteroatoms. The molecule has 0 rings (SSSR count). The maximum atomic E-state index is 10.1. The summed E-state index contributed by atoms with van der Waals surface area (Å²) < 4.78 is 0. The highest BCUT2D eigenvalue weighted by Gasteiger charge is 1.80. The summed E-state index contributed by atoms with van der Waals surface area (Å²) in [6.07, 6.45) is 9.04. The van der Waals surface area contributed by atoms with Gasteiger partial charge in [0.15, 0.2) is 0 Å². The second-order valence-corrected chi connectivity index (χ2v) is 1.61. The van der Waals surface area contributed by atoms with E-state index in [9.17, 15) is 4.79 Å². The molecule has 0 fully saturated rings. The monoisotopic (exact) mass is 134 g/mol. The van der Waals surface area contributed by atoms with E-state index in [4.69, 9.17) is 0 Å². The SMILES string of the molecule is C=C/C=C\C=C(/C=C)C=O. The molecule has 0 amide bonds. The third-order valence-electron chi connectivity index (χ3n) is 0.908. The highest BCUT2D eigenvalue weighted by molar-refractivity contribution is 5.77. The van der Waals surface area contributed by atoms with Crippen LogP contribution < -0.4 is 0 Å². The van der Waals surface area contributed by atoms with Gasteiger partial charge in [0, 0.05) is 5.57 Å². The van der Waals surface area contributed by atoms with Crippen LogP contribution in [0.1, 0.15) is 0 Å². The number of rotatable bonds is 4. The zero-order valence-electron chi connectivity index (χ0n) is 5.79. The van der Waals surface area contributed by atoms with Crippen molar-refractivity contribution in [1.29, 1.82) is 0 Å². The summed E-state index contributed by atoms with van der Waals surface area (Å²) in [5.41, 5.74) is 0.568. The standard InChI is InChI=1S/C9H10O/c1-3-5-6-7-9(4-2)8-10/h3-8H,1-2H2/b6-5-,9-7+. The van der Waals surface area contributed by atoms with Crippen molar-refractivity contribution < 1.29 is 4.79 Å². The number of carbonyl (C=O) groups is 1. The van der Waals surface area contributed by atoms with Gasteiger partial charge in [-0.15, -0.1) is 0 Å². The summed E-state index contributed by atoms with van der Waals surface area (Å²) in [7, 11) is 0. The molecular formula is C9H10O. The maximum Gasteiger partial charge on any atom is 0.150 e. The number of aldehydes is 1. The first-order chi connectivity index (χ1) is 4.85. The lowest BCUT2D eigenvalue weighted by molar-refractivity contribution is -0.104. The largest absolute Gasteiger partial charge is 0.298 e. The predicted molar refractivity (Wildman–Crippen MR) is 43.7 cm³/mol. The Labute approximate surface area is 61.1 Å². The summed E-state index contributed by atoms with van der Waals surface area (Å²) in [6.45, 7) is 6.93. The molecule has 0 aliphatic rings. The van der Waals surface area contributed by atoms with E-state index in [2.05, 4.69) is 13.2 Å². The van der Waals surface area contributed by atoms with E-state index >= 15 is 0 Å². The predicted octanol–water partition coefficient (Wildman–Crippen LogP) is 2.04. The van der Waals surface area contributed by atoms with Gasteiger partial charge in [0.1, 0.15) is 6.29 Å². The van der Waals surface area contributed by atoms with Gasteiger partial charge in [0.25, 0.3) is 0 Å². The first-order valence-electron chi connectivity index (χ1n) is 2.92. The third kappa shape index (κ3) is 3.61. The molecule has 52 valence electrons. The summed E-state index contributed by atoms with van der Waals surface area (Å²) in [5, 5.41) is 0. The van der Waals surface area contributed by atoms with Gasteiger partial charge in [-0.2, -0.15) is 0 Å². The molecule has 0 aliphatic heterocycles. The molecule has 0 N–H and O–H groups in total. The molecule has 0 heterocycles. The van der Waals surface area contributed by atoms with Gasteiger partial charge in [0.05, 0.1) is 0 Å². The quantitative estimate of drug-likeness (QED) is 0.326. The van der Waals surface area contributed by atoms with Crippen LogP contribution in [0.15, 0.2) is 49.1 Å². The normalized spacial score (nSPS) is 11.4. The van der Waals surface area contributed by atoms with Crippen LogP contribution in [0.3, 0.4) is 0 Å². The van der Waals surface area contributed by atoms with E-state index in [1.165, 1.54) is 6.08 Å². The van der Waals surface area contributed by atoms with Crippen molar-refractivity contribution in [2.45, 2.75) is 0 Å². The molecule has 0 spiro atoms. The summed E-state index contributed by atoms with van der Waals surface area (Å²) in [5.74, 6) is 0. The van der Waals surface area contributed by atoms with Gasteiger partial charge < -0.3 is 0 Å². The third-order valence-corrected chi connectivity index (χ3v) is 0.908. The minimum absolute atomic E-state index is 0.568. The minimum Gasteiger partial charge on any atom is -0.298 e. The van der Waals surface area contributed by atoms with E-state index in [-0.39, 0.29) is 0 Å². The van der Waals surface area contributed by atoms with E-state index in [1.54, 1.807) is 24.3 Å². The lowest BCUT2D eigenvalue weighted by Gasteiger charge is -1.81. The summed E-state index contributed by atoms with van der Waals surface area (Å²) in [4.78, 5) is 10.1. The Morgan fingerprint density at radius 2 is 1.90 bits per heavy atom. The van der Waals surface area contributed by atoms with Crippen LogP contribution in [0.25, 0.3) is 0 Å². The van der Waals surface area contributed by atoms with Crippen LogP contribution in [0.5, 0.6) is 0 Å². The van der Waals surface area contributed by atoms with Crippen molar-refractivity contribution >= 4 is 6.29 Å². The molecule has 0 radical (unpaired) electrons. The van der Waals surface area contributed by atoms with E-state index < -0.39 is 0 Å².